The fraction of sp³-hybridized carbons (Fsp3) is 0.625. The molecule has 2 heteroatoms. The number of methoxy groups -OCH3 is 1. The van der Waals surface area contributed by atoms with Crippen molar-refractivity contribution in [1.82, 2.24) is 5.32 Å². The van der Waals surface area contributed by atoms with Crippen LogP contribution in [-0.4, -0.2) is 26.8 Å². The SMILES string of the molecule is CCCNCC(CCOC)Cc1ccc(C)cc1. The Morgan fingerprint density at radius 3 is 2.56 bits per heavy atom. The minimum absolute atomic E-state index is 0.666. The monoisotopic (exact) mass is 249 g/mol. The Morgan fingerprint density at radius 2 is 1.94 bits per heavy atom. The van der Waals surface area contributed by atoms with Crippen molar-refractivity contribution >= 4 is 0 Å². The molecule has 1 unspecified atom stereocenters. The van der Waals surface area contributed by atoms with E-state index in [-0.39, 0.29) is 0 Å². The van der Waals surface area contributed by atoms with Gasteiger partial charge in [-0.1, -0.05) is 36.8 Å². The second-order valence-corrected chi connectivity index (χ2v) is 5.04. The second-order valence-electron chi connectivity index (χ2n) is 5.04. The third kappa shape index (κ3) is 6.18. The van der Waals surface area contributed by atoms with Crippen LogP contribution >= 0.6 is 0 Å². The van der Waals surface area contributed by atoms with Gasteiger partial charge in [0.2, 0.25) is 0 Å². The maximum atomic E-state index is 5.21. The zero-order chi connectivity index (χ0) is 13.2. The maximum absolute atomic E-state index is 5.21. The second kappa shape index (κ2) is 9.12. The first-order valence-electron chi connectivity index (χ1n) is 7.01. The number of aryl methyl sites for hydroxylation is 1. The predicted molar refractivity (Wildman–Crippen MR) is 78.0 cm³/mol. The highest BCUT2D eigenvalue weighted by Crippen LogP contribution is 2.13. The third-order valence-electron chi connectivity index (χ3n) is 3.23. The number of benzene rings is 1. The molecule has 1 aromatic carbocycles. The van der Waals surface area contributed by atoms with Crippen LogP contribution in [0.15, 0.2) is 24.3 Å². The van der Waals surface area contributed by atoms with Crippen LogP contribution in [0.2, 0.25) is 0 Å². The van der Waals surface area contributed by atoms with Crippen molar-refractivity contribution in [2.75, 3.05) is 26.8 Å². The van der Waals surface area contributed by atoms with Crippen LogP contribution < -0.4 is 5.32 Å². The molecule has 0 aliphatic rings. The third-order valence-corrected chi connectivity index (χ3v) is 3.23. The molecular formula is C16H27NO. The largest absolute Gasteiger partial charge is 0.385 e. The molecule has 1 N–H and O–H groups in total. The molecule has 102 valence electrons. The van der Waals surface area contributed by atoms with E-state index in [2.05, 4.69) is 43.4 Å². The molecule has 0 radical (unpaired) electrons. The van der Waals surface area contributed by atoms with Crippen molar-refractivity contribution in [3.05, 3.63) is 35.4 Å². The highest BCUT2D eigenvalue weighted by atomic mass is 16.5. The highest BCUT2D eigenvalue weighted by molar-refractivity contribution is 5.21. The van der Waals surface area contributed by atoms with Crippen LogP contribution in [0.3, 0.4) is 0 Å². The van der Waals surface area contributed by atoms with Crippen LogP contribution in [0.4, 0.5) is 0 Å². The predicted octanol–water partition coefficient (Wildman–Crippen LogP) is 3.19. The number of hydrogen-bond acceptors (Lipinski definition) is 2. The topological polar surface area (TPSA) is 21.3 Å². The molecule has 0 saturated heterocycles. The molecule has 1 aromatic rings. The Morgan fingerprint density at radius 1 is 1.22 bits per heavy atom. The zero-order valence-corrected chi connectivity index (χ0v) is 12.0. The first-order chi connectivity index (χ1) is 8.76. The summed E-state index contributed by atoms with van der Waals surface area (Å²) in [4.78, 5) is 0. The van der Waals surface area contributed by atoms with Crippen LogP contribution in [0.1, 0.15) is 30.9 Å². The van der Waals surface area contributed by atoms with Crippen molar-refractivity contribution < 1.29 is 4.74 Å². The van der Waals surface area contributed by atoms with Crippen LogP contribution in [0.5, 0.6) is 0 Å². The zero-order valence-electron chi connectivity index (χ0n) is 12.0. The fourth-order valence-electron chi connectivity index (χ4n) is 2.10. The summed E-state index contributed by atoms with van der Waals surface area (Å²) in [6.07, 6.45) is 3.46. The fourth-order valence-corrected chi connectivity index (χ4v) is 2.10. The van der Waals surface area contributed by atoms with E-state index in [4.69, 9.17) is 4.74 Å². The summed E-state index contributed by atoms with van der Waals surface area (Å²) in [7, 11) is 1.78. The van der Waals surface area contributed by atoms with Gasteiger partial charge in [0.1, 0.15) is 0 Å². The standard InChI is InChI=1S/C16H27NO/c1-4-10-17-13-16(9-11-18-3)12-15-7-5-14(2)6-8-15/h5-8,16-17H,4,9-13H2,1-3H3. The molecule has 0 aromatic heterocycles. The summed E-state index contributed by atoms with van der Waals surface area (Å²) < 4.78 is 5.21. The molecule has 1 rings (SSSR count). The van der Waals surface area contributed by atoms with Gasteiger partial charge in [-0.05, 0) is 50.8 Å². The van der Waals surface area contributed by atoms with E-state index in [0.717, 1.165) is 32.5 Å². The highest BCUT2D eigenvalue weighted by Gasteiger charge is 2.09. The number of hydrogen-bond donors (Lipinski definition) is 1. The number of ether oxygens (including phenoxy) is 1. The average molecular weight is 249 g/mol. The number of nitrogens with one attached hydrogen (secondary N) is 1. The van der Waals surface area contributed by atoms with Crippen molar-refractivity contribution in [2.24, 2.45) is 5.92 Å². The van der Waals surface area contributed by atoms with Gasteiger partial charge in [-0.2, -0.15) is 0 Å². The number of rotatable bonds is 9. The van der Waals surface area contributed by atoms with Gasteiger partial charge in [-0.25, -0.2) is 0 Å². The molecular weight excluding hydrogens is 222 g/mol. The van der Waals surface area contributed by atoms with E-state index in [1.807, 2.05) is 0 Å². The normalized spacial score (nSPS) is 12.6. The van der Waals surface area contributed by atoms with E-state index < -0.39 is 0 Å². The van der Waals surface area contributed by atoms with Crippen molar-refractivity contribution in [1.29, 1.82) is 0 Å². The van der Waals surface area contributed by atoms with Gasteiger partial charge in [0.05, 0.1) is 0 Å². The molecule has 0 spiro atoms. The van der Waals surface area contributed by atoms with Gasteiger partial charge in [-0.15, -0.1) is 0 Å². The van der Waals surface area contributed by atoms with Gasteiger partial charge in [0, 0.05) is 13.7 Å². The molecule has 0 fully saturated rings. The van der Waals surface area contributed by atoms with Gasteiger partial charge in [0.25, 0.3) is 0 Å². The molecule has 18 heavy (non-hydrogen) atoms. The van der Waals surface area contributed by atoms with Crippen molar-refractivity contribution in [3.63, 3.8) is 0 Å². The summed E-state index contributed by atoms with van der Waals surface area (Å²) in [5, 5.41) is 3.52. The van der Waals surface area contributed by atoms with Gasteiger partial charge in [0.15, 0.2) is 0 Å². The lowest BCUT2D eigenvalue weighted by Gasteiger charge is -2.17. The summed E-state index contributed by atoms with van der Waals surface area (Å²) >= 11 is 0. The average Bonchev–Trinajstić information content (AvgIpc) is 2.38. The summed E-state index contributed by atoms with van der Waals surface area (Å²) in [5.74, 6) is 0.666. The molecule has 0 bridgehead atoms. The first-order valence-corrected chi connectivity index (χ1v) is 7.01. The molecule has 0 aliphatic heterocycles. The van der Waals surface area contributed by atoms with Gasteiger partial charge >= 0.3 is 0 Å². The summed E-state index contributed by atoms with van der Waals surface area (Å²) in [6.45, 7) is 7.39. The van der Waals surface area contributed by atoms with Crippen molar-refractivity contribution in [3.8, 4) is 0 Å². The van der Waals surface area contributed by atoms with Crippen LogP contribution in [0, 0.1) is 12.8 Å². The minimum atomic E-state index is 0.666. The Balaban J connectivity index is 2.45. The van der Waals surface area contributed by atoms with E-state index in [1.165, 1.54) is 17.5 Å². The first kappa shape index (κ1) is 15.2. The summed E-state index contributed by atoms with van der Waals surface area (Å²) in [5.41, 5.74) is 2.76. The maximum Gasteiger partial charge on any atom is 0.0465 e. The van der Waals surface area contributed by atoms with Crippen LogP contribution in [0.25, 0.3) is 0 Å². The molecule has 0 saturated carbocycles. The lowest BCUT2D eigenvalue weighted by atomic mass is 9.96. The van der Waals surface area contributed by atoms with E-state index >= 15 is 0 Å². The quantitative estimate of drug-likeness (QED) is 0.679. The van der Waals surface area contributed by atoms with Gasteiger partial charge in [-0.3, -0.25) is 0 Å². The van der Waals surface area contributed by atoms with Crippen LogP contribution in [-0.2, 0) is 11.2 Å². The molecule has 2 nitrogen and oxygen atoms in total. The van der Waals surface area contributed by atoms with Crippen molar-refractivity contribution in [2.45, 2.75) is 33.1 Å². The van der Waals surface area contributed by atoms with Gasteiger partial charge < -0.3 is 10.1 Å². The summed E-state index contributed by atoms with van der Waals surface area (Å²) in [6, 6.07) is 8.88. The smallest absolute Gasteiger partial charge is 0.0465 e. The Labute approximate surface area is 112 Å². The van der Waals surface area contributed by atoms with E-state index in [9.17, 15) is 0 Å². The molecule has 0 amide bonds. The Kier molecular flexibility index (Phi) is 7.70. The molecule has 0 heterocycles. The Bertz CT molecular complexity index is 307. The minimum Gasteiger partial charge on any atom is -0.385 e. The molecule has 0 aliphatic carbocycles. The lowest BCUT2D eigenvalue weighted by Crippen LogP contribution is -2.26. The van der Waals surface area contributed by atoms with E-state index in [0.29, 0.717) is 5.92 Å². The Hall–Kier alpha value is -0.860. The molecule has 1 atom stereocenters. The van der Waals surface area contributed by atoms with E-state index in [1.54, 1.807) is 7.11 Å². The lowest BCUT2D eigenvalue weighted by molar-refractivity contribution is 0.176.